The molecular weight excluding hydrogens is 387 g/mol. The molecule has 0 aliphatic carbocycles. The number of anilines is 1. The van der Waals surface area contributed by atoms with Crippen molar-refractivity contribution in [3.63, 3.8) is 0 Å². The van der Waals surface area contributed by atoms with Gasteiger partial charge in [0, 0.05) is 31.3 Å². The van der Waals surface area contributed by atoms with E-state index < -0.39 is 17.2 Å². The Kier molecular flexibility index (Phi) is 6.06. The van der Waals surface area contributed by atoms with Crippen LogP contribution in [0.3, 0.4) is 0 Å². The highest BCUT2D eigenvalue weighted by molar-refractivity contribution is 5.97. The highest BCUT2D eigenvalue weighted by atomic mass is 19.1. The highest BCUT2D eigenvalue weighted by Gasteiger charge is 2.23. The fourth-order valence-corrected chi connectivity index (χ4v) is 4.30. The second-order valence-corrected chi connectivity index (χ2v) is 8.27. The predicted molar refractivity (Wildman–Crippen MR) is 114 cm³/mol. The van der Waals surface area contributed by atoms with Crippen molar-refractivity contribution in [2.24, 2.45) is 0 Å². The molecule has 2 saturated heterocycles. The van der Waals surface area contributed by atoms with Crippen LogP contribution in [0, 0.1) is 5.82 Å². The lowest BCUT2D eigenvalue weighted by Crippen LogP contribution is -3.12. The minimum atomic E-state index is -0.439. The number of fused-ring (bicyclic) bond motifs is 1. The number of hydrogen-bond acceptors (Lipinski definition) is 4. The minimum absolute atomic E-state index is 0.00626. The van der Waals surface area contributed by atoms with Crippen LogP contribution in [0.25, 0.3) is 10.9 Å². The number of carbonyl (C=O) groups is 1. The molecule has 0 saturated carbocycles. The quantitative estimate of drug-likeness (QED) is 0.739. The Hall–Kier alpha value is -2.45. The first-order chi connectivity index (χ1) is 14.5. The summed E-state index contributed by atoms with van der Waals surface area (Å²) >= 11 is 0. The Balaban J connectivity index is 1.67. The average Bonchev–Trinajstić information content (AvgIpc) is 3.27. The number of carbonyl (C=O) groups excluding carboxylic acids is 1. The summed E-state index contributed by atoms with van der Waals surface area (Å²) in [5.41, 5.74) is 0.776. The van der Waals surface area contributed by atoms with Gasteiger partial charge < -0.3 is 24.4 Å². The molecule has 1 amide bonds. The summed E-state index contributed by atoms with van der Waals surface area (Å²) in [6.45, 7) is 7.03. The van der Waals surface area contributed by atoms with Crippen LogP contribution in [0.4, 0.5) is 10.1 Å². The number of pyridine rings is 1. The number of aryl methyl sites for hydroxylation is 1. The van der Waals surface area contributed by atoms with E-state index in [1.807, 2.05) is 16.4 Å². The number of quaternary nitrogens is 1. The number of benzene rings is 1. The van der Waals surface area contributed by atoms with E-state index in [0.29, 0.717) is 30.9 Å². The molecule has 1 aromatic carbocycles. The maximum Gasteiger partial charge on any atom is 0.256 e. The fourth-order valence-electron chi connectivity index (χ4n) is 4.30. The lowest BCUT2D eigenvalue weighted by atomic mass is 10.1. The molecule has 2 N–H and O–H groups in total. The topological polar surface area (TPSA) is 68.0 Å². The van der Waals surface area contributed by atoms with E-state index in [9.17, 15) is 14.0 Å². The van der Waals surface area contributed by atoms with Gasteiger partial charge in [-0.05, 0) is 31.9 Å². The van der Waals surface area contributed by atoms with Crippen LogP contribution in [0.15, 0.2) is 23.1 Å². The smallest absolute Gasteiger partial charge is 0.256 e. The maximum atomic E-state index is 15.0. The molecule has 7 nitrogen and oxygen atoms in total. The minimum Gasteiger partial charge on any atom is -0.376 e. The van der Waals surface area contributed by atoms with E-state index in [2.05, 4.69) is 12.4 Å². The van der Waals surface area contributed by atoms with Crippen LogP contribution < -0.4 is 20.5 Å². The molecule has 2 aromatic rings. The van der Waals surface area contributed by atoms with Gasteiger partial charge in [-0.25, -0.2) is 4.39 Å². The SMILES string of the molecule is CCn1cc(C(=O)NC[C@@H]2CCCO2)c(=O)c2cc(F)c(N3CC[NH+](C)CC3)cc21. The molecule has 0 unspecified atom stereocenters. The summed E-state index contributed by atoms with van der Waals surface area (Å²) < 4.78 is 22.4. The van der Waals surface area contributed by atoms with Crippen molar-refractivity contribution in [1.82, 2.24) is 9.88 Å². The molecule has 3 heterocycles. The van der Waals surface area contributed by atoms with Crippen LogP contribution in [-0.4, -0.2) is 63.0 Å². The molecule has 2 aliphatic rings. The highest BCUT2D eigenvalue weighted by Crippen LogP contribution is 2.25. The van der Waals surface area contributed by atoms with E-state index in [-0.39, 0.29) is 17.1 Å². The zero-order valence-corrected chi connectivity index (χ0v) is 17.7. The van der Waals surface area contributed by atoms with E-state index in [1.54, 1.807) is 12.3 Å². The van der Waals surface area contributed by atoms with Crippen LogP contribution in [0.1, 0.15) is 30.1 Å². The van der Waals surface area contributed by atoms with Crippen molar-refractivity contribution in [3.05, 3.63) is 39.9 Å². The molecule has 8 heteroatoms. The van der Waals surface area contributed by atoms with Crippen molar-refractivity contribution in [2.45, 2.75) is 32.4 Å². The van der Waals surface area contributed by atoms with Gasteiger partial charge in [-0.3, -0.25) is 9.59 Å². The van der Waals surface area contributed by atoms with Gasteiger partial charge in [-0.1, -0.05) is 0 Å². The van der Waals surface area contributed by atoms with Crippen LogP contribution in [0.2, 0.25) is 0 Å². The van der Waals surface area contributed by atoms with Crippen molar-refractivity contribution in [2.75, 3.05) is 51.3 Å². The molecule has 1 atom stereocenters. The summed E-state index contributed by atoms with van der Waals surface area (Å²) in [6.07, 6.45) is 3.47. The maximum absolute atomic E-state index is 15.0. The standard InChI is InChI=1S/C22H29FN4O3/c1-3-26-14-17(22(29)24-13-15-5-4-10-30-15)21(28)16-11-18(23)20(12-19(16)26)27-8-6-25(2)7-9-27/h11-12,14-15H,3-10,13H2,1-2H3,(H,24,29)/p+1/t15-/m0/s1. The number of nitrogens with zero attached hydrogens (tertiary/aromatic N) is 2. The van der Waals surface area contributed by atoms with Gasteiger partial charge in [0.2, 0.25) is 5.43 Å². The van der Waals surface area contributed by atoms with Crippen molar-refractivity contribution >= 4 is 22.5 Å². The molecule has 4 rings (SSSR count). The zero-order valence-electron chi connectivity index (χ0n) is 17.7. The number of rotatable bonds is 5. The Morgan fingerprint density at radius 3 is 2.77 bits per heavy atom. The Morgan fingerprint density at radius 1 is 1.33 bits per heavy atom. The first kappa shape index (κ1) is 20.8. The molecule has 2 fully saturated rings. The molecule has 162 valence electrons. The van der Waals surface area contributed by atoms with Crippen molar-refractivity contribution in [1.29, 1.82) is 0 Å². The third kappa shape index (κ3) is 4.06. The molecule has 1 aromatic heterocycles. The van der Waals surface area contributed by atoms with Crippen LogP contribution in [0.5, 0.6) is 0 Å². The predicted octanol–water partition coefficient (Wildman–Crippen LogP) is 0.404. The second kappa shape index (κ2) is 8.73. The third-order valence-electron chi connectivity index (χ3n) is 6.21. The first-order valence-corrected chi connectivity index (χ1v) is 10.8. The first-order valence-electron chi connectivity index (χ1n) is 10.8. The van der Waals surface area contributed by atoms with Crippen molar-refractivity contribution < 1.29 is 18.8 Å². The Bertz CT molecular complexity index is 992. The molecule has 30 heavy (non-hydrogen) atoms. The summed E-state index contributed by atoms with van der Waals surface area (Å²) in [4.78, 5) is 29.2. The summed E-state index contributed by atoms with van der Waals surface area (Å²) in [5.74, 6) is -0.857. The number of hydrogen-bond donors (Lipinski definition) is 2. The summed E-state index contributed by atoms with van der Waals surface area (Å²) in [5, 5.41) is 3.04. The van der Waals surface area contributed by atoms with Gasteiger partial charge in [0.15, 0.2) is 0 Å². The molecule has 0 spiro atoms. The average molecular weight is 418 g/mol. The zero-order chi connectivity index (χ0) is 21.3. The summed E-state index contributed by atoms with van der Waals surface area (Å²) in [7, 11) is 2.13. The van der Waals surface area contributed by atoms with Gasteiger partial charge in [-0.15, -0.1) is 0 Å². The third-order valence-corrected chi connectivity index (χ3v) is 6.21. The second-order valence-electron chi connectivity index (χ2n) is 8.27. The van der Waals surface area contributed by atoms with Crippen LogP contribution in [-0.2, 0) is 11.3 Å². The number of likely N-dealkylation sites (N-methyl/N-ethyl adjacent to an activating group) is 1. The number of ether oxygens (including phenoxy) is 1. The van der Waals surface area contributed by atoms with E-state index in [4.69, 9.17) is 4.74 Å². The number of aromatic nitrogens is 1. The molecular formula is C22H30FN4O3+. The summed E-state index contributed by atoms with van der Waals surface area (Å²) in [6, 6.07) is 3.05. The number of halogens is 1. The van der Waals surface area contributed by atoms with E-state index in [0.717, 1.165) is 39.0 Å². The molecule has 2 aliphatic heterocycles. The number of nitrogens with one attached hydrogen (secondary N) is 2. The lowest BCUT2D eigenvalue weighted by molar-refractivity contribution is -0.880. The van der Waals surface area contributed by atoms with Gasteiger partial charge in [0.05, 0.1) is 50.5 Å². The number of piperazine rings is 1. The van der Waals surface area contributed by atoms with E-state index in [1.165, 1.54) is 11.0 Å². The monoisotopic (exact) mass is 417 g/mol. The Labute approximate surface area is 175 Å². The largest absolute Gasteiger partial charge is 0.376 e. The van der Waals surface area contributed by atoms with Gasteiger partial charge >= 0.3 is 0 Å². The van der Waals surface area contributed by atoms with Gasteiger partial charge in [-0.2, -0.15) is 0 Å². The van der Waals surface area contributed by atoms with Crippen molar-refractivity contribution in [3.8, 4) is 0 Å². The fraction of sp³-hybridized carbons (Fsp3) is 0.545. The number of amides is 1. The van der Waals surface area contributed by atoms with Crippen LogP contribution >= 0.6 is 0 Å². The lowest BCUT2D eigenvalue weighted by Gasteiger charge is -2.32. The van der Waals surface area contributed by atoms with E-state index >= 15 is 0 Å². The molecule has 0 bridgehead atoms. The van der Waals surface area contributed by atoms with Gasteiger partial charge in [0.25, 0.3) is 5.91 Å². The normalized spacial score (nSPS) is 20.1. The molecule has 0 radical (unpaired) electrons. The Morgan fingerprint density at radius 2 is 2.10 bits per heavy atom. The van der Waals surface area contributed by atoms with Gasteiger partial charge in [0.1, 0.15) is 11.4 Å².